The van der Waals surface area contributed by atoms with Gasteiger partial charge in [0.2, 0.25) is 0 Å². The molecule has 27 heavy (non-hydrogen) atoms. The van der Waals surface area contributed by atoms with Crippen molar-refractivity contribution in [1.29, 1.82) is 0 Å². The second-order valence-electron chi connectivity index (χ2n) is 6.44. The minimum atomic E-state index is -0.523. The van der Waals surface area contributed by atoms with E-state index in [1.54, 1.807) is 43.3 Å². The van der Waals surface area contributed by atoms with Crippen molar-refractivity contribution in [3.8, 4) is 5.75 Å². The van der Waals surface area contributed by atoms with Crippen LogP contribution in [0.2, 0.25) is 0 Å². The third-order valence-corrected chi connectivity index (χ3v) is 4.71. The van der Waals surface area contributed by atoms with Crippen molar-refractivity contribution in [2.75, 3.05) is 0 Å². The van der Waals surface area contributed by atoms with E-state index in [0.29, 0.717) is 5.75 Å². The zero-order valence-electron chi connectivity index (χ0n) is 14.6. The van der Waals surface area contributed by atoms with E-state index in [1.165, 1.54) is 24.3 Å². The Morgan fingerprint density at radius 1 is 0.815 bits per heavy atom. The molecule has 0 bridgehead atoms. The molecule has 0 spiro atoms. The van der Waals surface area contributed by atoms with Crippen LogP contribution in [0.4, 0.5) is 8.78 Å². The van der Waals surface area contributed by atoms with Crippen LogP contribution in [0.15, 0.2) is 72.8 Å². The van der Waals surface area contributed by atoms with E-state index in [1.807, 2.05) is 12.1 Å². The van der Waals surface area contributed by atoms with E-state index < -0.39 is 5.92 Å². The summed E-state index contributed by atoms with van der Waals surface area (Å²) in [5.41, 5.74) is 3.82. The van der Waals surface area contributed by atoms with E-state index in [0.717, 1.165) is 27.8 Å². The number of halogens is 2. The molecule has 1 heterocycles. The van der Waals surface area contributed by atoms with Crippen LogP contribution < -0.4 is 4.74 Å². The quantitative estimate of drug-likeness (QED) is 0.446. The summed E-state index contributed by atoms with van der Waals surface area (Å²) in [6.45, 7) is 1.78. The SMILES string of the molecule is C[C@H]1C(=O)Oc2ccccc2C1=C(c1ccc(F)cc1)c1ccc(F)cc1. The fourth-order valence-corrected chi connectivity index (χ4v) is 3.39. The van der Waals surface area contributed by atoms with Crippen molar-refractivity contribution in [3.63, 3.8) is 0 Å². The summed E-state index contributed by atoms with van der Waals surface area (Å²) in [6.07, 6.45) is 0. The third kappa shape index (κ3) is 3.14. The molecular weight excluding hydrogens is 346 g/mol. The maximum atomic E-state index is 13.5. The maximum absolute atomic E-state index is 13.5. The van der Waals surface area contributed by atoms with Gasteiger partial charge in [0, 0.05) is 5.56 Å². The first kappa shape index (κ1) is 17.2. The summed E-state index contributed by atoms with van der Waals surface area (Å²) in [4.78, 5) is 12.5. The van der Waals surface area contributed by atoms with Crippen LogP contribution >= 0.6 is 0 Å². The first-order valence-corrected chi connectivity index (χ1v) is 8.62. The highest BCUT2D eigenvalue weighted by Crippen LogP contribution is 2.43. The Balaban J connectivity index is 2.06. The molecule has 0 aromatic heterocycles. The summed E-state index contributed by atoms with van der Waals surface area (Å²) >= 11 is 0. The Labute approximate surface area is 155 Å². The molecule has 3 aromatic rings. The lowest BCUT2D eigenvalue weighted by atomic mass is 9.82. The number of para-hydroxylation sites is 1. The number of esters is 1. The molecule has 2 nitrogen and oxygen atoms in total. The topological polar surface area (TPSA) is 26.3 Å². The van der Waals surface area contributed by atoms with E-state index in [4.69, 9.17) is 4.74 Å². The number of carbonyl (C=O) groups is 1. The number of hydrogen-bond acceptors (Lipinski definition) is 2. The lowest BCUT2D eigenvalue weighted by Crippen LogP contribution is -2.25. The summed E-state index contributed by atoms with van der Waals surface area (Å²) in [6, 6.07) is 19.4. The molecule has 4 rings (SSSR count). The van der Waals surface area contributed by atoms with Gasteiger partial charge in [-0.3, -0.25) is 4.79 Å². The lowest BCUT2D eigenvalue weighted by Gasteiger charge is -2.27. The van der Waals surface area contributed by atoms with Crippen molar-refractivity contribution in [1.82, 2.24) is 0 Å². The molecule has 0 N–H and O–H groups in total. The van der Waals surface area contributed by atoms with Gasteiger partial charge in [0.05, 0.1) is 5.92 Å². The fraction of sp³-hybridized carbons (Fsp3) is 0.0870. The highest BCUT2D eigenvalue weighted by atomic mass is 19.1. The molecule has 1 atom stereocenters. The predicted molar refractivity (Wildman–Crippen MR) is 100.0 cm³/mol. The van der Waals surface area contributed by atoms with Crippen LogP contribution in [0, 0.1) is 17.6 Å². The Bertz CT molecular complexity index is 987. The molecule has 0 saturated heterocycles. The molecule has 0 aliphatic carbocycles. The van der Waals surface area contributed by atoms with E-state index >= 15 is 0 Å². The van der Waals surface area contributed by atoms with Crippen molar-refractivity contribution >= 4 is 17.1 Å². The Hall–Kier alpha value is -3.27. The van der Waals surface area contributed by atoms with Gasteiger partial charge in [-0.25, -0.2) is 8.78 Å². The zero-order chi connectivity index (χ0) is 19.0. The molecule has 3 aromatic carbocycles. The van der Waals surface area contributed by atoms with Crippen LogP contribution in [0.25, 0.3) is 11.1 Å². The maximum Gasteiger partial charge on any atom is 0.318 e. The standard InChI is InChI=1S/C23H16F2O2/c1-14-21(19-4-2-3-5-20(19)27-23(14)26)22(15-6-10-17(24)11-7-15)16-8-12-18(25)13-9-16/h2-14H,1H3/t14-/m1/s1. The predicted octanol–water partition coefficient (Wildman–Crippen LogP) is 5.48. The van der Waals surface area contributed by atoms with Crippen LogP contribution in [0.1, 0.15) is 23.6 Å². The molecule has 0 radical (unpaired) electrons. The van der Waals surface area contributed by atoms with Gasteiger partial charge in [-0.15, -0.1) is 0 Å². The zero-order valence-corrected chi connectivity index (χ0v) is 14.6. The Morgan fingerprint density at radius 2 is 1.33 bits per heavy atom. The molecule has 0 saturated carbocycles. The molecule has 134 valence electrons. The summed E-state index contributed by atoms with van der Waals surface area (Å²) < 4.78 is 32.4. The number of rotatable bonds is 2. The van der Waals surface area contributed by atoms with Crippen molar-refractivity contribution in [2.24, 2.45) is 5.92 Å². The fourth-order valence-electron chi connectivity index (χ4n) is 3.39. The Morgan fingerprint density at radius 3 is 1.89 bits per heavy atom. The number of benzene rings is 3. The average molecular weight is 362 g/mol. The molecule has 1 aliphatic heterocycles. The molecule has 0 fully saturated rings. The summed E-state index contributed by atoms with van der Waals surface area (Å²) in [5.74, 6) is -1.09. The molecule has 1 aliphatic rings. The second-order valence-corrected chi connectivity index (χ2v) is 6.44. The van der Waals surface area contributed by atoms with Gasteiger partial charge >= 0.3 is 5.97 Å². The second kappa shape index (κ2) is 6.80. The average Bonchev–Trinajstić information content (AvgIpc) is 2.67. The molecule has 0 amide bonds. The first-order chi connectivity index (χ1) is 13.0. The molecule has 4 heteroatoms. The normalized spacial score (nSPS) is 15.9. The van der Waals surface area contributed by atoms with E-state index in [-0.39, 0.29) is 17.6 Å². The minimum absolute atomic E-state index is 0.348. The van der Waals surface area contributed by atoms with E-state index in [2.05, 4.69) is 0 Å². The van der Waals surface area contributed by atoms with Crippen LogP contribution in [-0.4, -0.2) is 5.97 Å². The Kier molecular flexibility index (Phi) is 4.32. The number of ether oxygens (including phenoxy) is 1. The van der Waals surface area contributed by atoms with Crippen molar-refractivity contribution in [3.05, 3.63) is 101 Å². The largest absolute Gasteiger partial charge is 0.425 e. The van der Waals surface area contributed by atoms with E-state index in [9.17, 15) is 13.6 Å². The van der Waals surface area contributed by atoms with Gasteiger partial charge < -0.3 is 4.74 Å². The third-order valence-electron chi connectivity index (χ3n) is 4.71. The van der Waals surface area contributed by atoms with Gasteiger partial charge in [-0.05, 0) is 59.5 Å². The van der Waals surface area contributed by atoms with Crippen LogP contribution in [0.3, 0.4) is 0 Å². The summed E-state index contributed by atoms with van der Waals surface area (Å²) in [5, 5.41) is 0. The van der Waals surface area contributed by atoms with Crippen LogP contribution in [0.5, 0.6) is 5.75 Å². The highest BCUT2D eigenvalue weighted by Gasteiger charge is 2.32. The van der Waals surface area contributed by atoms with Gasteiger partial charge in [-0.2, -0.15) is 0 Å². The van der Waals surface area contributed by atoms with Gasteiger partial charge in [0.25, 0.3) is 0 Å². The van der Waals surface area contributed by atoms with Crippen molar-refractivity contribution in [2.45, 2.75) is 6.92 Å². The smallest absolute Gasteiger partial charge is 0.318 e. The molecular formula is C23H16F2O2. The lowest BCUT2D eigenvalue weighted by molar-refractivity contribution is -0.137. The monoisotopic (exact) mass is 362 g/mol. The number of hydrogen-bond donors (Lipinski definition) is 0. The van der Waals surface area contributed by atoms with Gasteiger partial charge in [0.15, 0.2) is 0 Å². The number of carbonyl (C=O) groups excluding carboxylic acids is 1. The summed E-state index contributed by atoms with van der Waals surface area (Å²) in [7, 11) is 0. The minimum Gasteiger partial charge on any atom is -0.425 e. The first-order valence-electron chi connectivity index (χ1n) is 8.62. The number of fused-ring (bicyclic) bond motifs is 1. The van der Waals surface area contributed by atoms with Crippen LogP contribution in [-0.2, 0) is 4.79 Å². The molecule has 0 unspecified atom stereocenters. The van der Waals surface area contributed by atoms with Gasteiger partial charge in [-0.1, -0.05) is 42.5 Å². The van der Waals surface area contributed by atoms with Gasteiger partial charge in [0.1, 0.15) is 17.4 Å². The van der Waals surface area contributed by atoms with Crippen molar-refractivity contribution < 1.29 is 18.3 Å². The highest BCUT2D eigenvalue weighted by molar-refractivity contribution is 6.07.